The van der Waals surface area contributed by atoms with Crippen LogP contribution < -0.4 is 14.4 Å². The standard InChI is InChI=1S/C31H39N3O5S/c1-6-7-20-32-31(36)25(4)33(21-26-16-12-23(2)13-17-26)30(35)22-34(28-10-8-9-11-29(28)39-5)40(37,38)27-18-14-24(3)15-19-27/h8-19,25H,6-7,20-22H2,1-5H3,(H,32,36). The molecule has 0 bridgehead atoms. The molecule has 0 aromatic heterocycles. The highest BCUT2D eigenvalue weighted by atomic mass is 32.2. The fraction of sp³-hybridized carbons (Fsp3) is 0.355. The van der Waals surface area contributed by atoms with Crippen LogP contribution in [0.15, 0.2) is 77.7 Å². The largest absolute Gasteiger partial charge is 0.495 e. The number of hydrogen-bond acceptors (Lipinski definition) is 5. The second-order valence-corrected chi connectivity index (χ2v) is 11.7. The summed E-state index contributed by atoms with van der Waals surface area (Å²) in [5.74, 6) is -0.499. The van der Waals surface area contributed by atoms with E-state index >= 15 is 0 Å². The van der Waals surface area contributed by atoms with Gasteiger partial charge >= 0.3 is 0 Å². The minimum absolute atomic E-state index is 0.0484. The first-order chi connectivity index (χ1) is 19.1. The number of rotatable bonds is 13. The number of benzene rings is 3. The number of anilines is 1. The average molecular weight is 566 g/mol. The second kappa shape index (κ2) is 14.0. The molecule has 0 aliphatic heterocycles. The monoisotopic (exact) mass is 565 g/mol. The number of amides is 2. The van der Waals surface area contributed by atoms with Crippen LogP contribution in [-0.2, 0) is 26.2 Å². The molecule has 3 rings (SSSR count). The van der Waals surface area contributed by atoms with Gasteiger partial charge in [0.05, 0.1) is 17.7 Å². The third-order valence-corrected chi connectivity index (χ3v) is 8.49. The van der Waals surface area contributed by atoms with E-state index in [-0.39, 0.29) is 23.0 Å². The van der Waals surface area contributed by atoms with Gasteiger partial charge < -0.3 is 15.0 Å². The van der Waals surface area contributed by atoms with E-state index in [4.69, 9.17) is 4.74 Å². The number of nitrogens with zero attached hydrogens (tertiary/aromatic N) is 2. The number of carbonyl (C=O) groups excluding carboxylic acids is 2. The van der Waals surface area contributed by atoms with Crippen LogP contribution in [0.5, 0.6) is 5.75 Å². The van der Waals surface area contributed by atoms with E-state index in [1.54, 1.807) is 43.3 Å². The van der Waals surface area contributed by atoms with Crippen LogP contribution in [-0.4, -0.2) is 51.4 Å². The Morgan fingerprint density at radius 1 is 0.925 bits per heavy atom. The molecule has 1 unspecified atom stereocenters. The predicted octanol–water partition coefficient (Wildman–Crippen LogP) is 4.84. The SMILES string of the molecule is CCCCNC(=O)C(C)N(Cc1ccc(C)cc1)C(=O)CN(c1ccccc1OC)S(=O)(=O)c1ccc(C)cc1. The van der Waals surface area contributed by atoms with Crippen molar-refractivity contribution in [1.82, 2.24) is 10.2 Å². The highest BCUT2D eigenvalue weighted by Gasteiger charge is 2.33. The molecule has 0 spiro atoms. The Labute approximate surface area is 238 Å². The van der Waals surface area contributed by atoms with Crippen molar-refractivity contribution in [2.75, 3.05) is 24.5 Å². The molecule has 9 heteroatoms. The van der Waals surface area contributed by atoms with Gasteiger partial charge in [-0.25, -0.2) is 8.42 Å². The van der Waals surface area contributed by atoms with Gasteiger partial charge in [-0.2, -0.15) is 0 Å². The van der Waals surface area contributed by atoms with Gasteiger partial charge in [0, 0.05) is 13.1 Å². The lowest BCUT2D eigenvalue weighted by Crippen LogP contribution is -2.51. The molecular weight excluding hydrogens is 526 g/mol. The quantitative estimate of drug-likeness (QED) is 0.299. The molecule has 0 radical (unpaired) electrons. The van der Waals surface area contributed by atoms with Crippen molar-refractivity contribution in [1.29, 1.82) is 0 Å². The number of methoxy groups -OCH3 is 1. The van der Waals surface area contributed by atoms with Crippen molar-refractivity contribution in [2.24, 2.45) is 0 Å². The minimum atomic E-state index is -4.17. The van der Waals surface area contributed by atoms with Gasteiger partial charge in [0.25, 0.3) is 10.0 Å². The fourth-order valence-electron chi connectivity index (χ4n) is 4.20. The van der Waals surface area contributed by atoms with Gasteiger partial charge in [-0.3, -0.25) is 13.9 Å². The van der Waals surface area contributed by atoms with Gasteiger partial charge in [-0.05, 0) is 57.0 Å². The van der Waals surface area contributed by atoms with Gasteiger partial charge in [0.2, 0.25) is 11.8 Å². The zero-order valence-electron chi connectivity index (χ0n) is 23.9. The minimum Gasteiger partial charge on any atom is -0.495 e. The molecule has 0 aliphatic rings. The summed E-state index contributed by atoms with van der Waals surface area (Å²) in [6.45, 7) is 7.66. The van der Waals surface area contributed by atoms with Crippen molar-refractivity contribution in [2.45, 2.75) is 58.0 Å². The first-order valence-corrected chi connectivity index (χ1v) is 14.9. The van der Waals surface area contributed by atoms with E-state index < -0.39 is 28.5 Å². The number of hydrogen-bond donors (Lipinski definition) is 1. The van der Waals surface area contributed by atoms with Gasteiger partial charge in [-0.1, -0.05) is 73.0 Å². The molecule has 3 aromatic rings. The van der Waals surface area contributed by atoms with Crippen molar-refractivity contribution in [3.63, 3.8) is 0 Å². The van der Waals surface area contributed by atoms with Crippen LogP contribution in [0.2, 0.25) is 0 Å². The van der Waals surface area contributed by atoms with Crippen LogP contribution in [0.25, 0.3) is 0 Å². The predicted molar refractivity (Wildman–Crippen MR) is 158 cm³/mol. The van der Waals surface area contributed by atoms with Crippen LogP contribution in [0.3, 0.4) is 0 Å². The average Bonchev–Trinajstić information content (AvgIpc) is 2.95. The number of unbranched alkanes of at least 4 members (excludes halogenated alkanes) is 1. The molecule has 0 heterocycles. The lowest BCUT2D eigenvalue weighted by Gasteiger charge is -2.32. The molecule has 0 saturated heterocycles. The first kappa shape index (κ1) is 30.7. The van der Waals surface area contributed by atoms with Gasteiger partial charge in [0.1, 0.15) is 18.3 Å². The van der Waals surface area contributed by atoms with E-state index in [1.807, 2.05) is 45.0 Å². The first-order valence-electron chi connectivity index (χ1n) is 13.4. The van der Waals surface area contributed by atoms with Crippen LogP contribution >= 0.6 is 0 Å². The molecular formula is C31H39N3O5S. The molecule has 0 aliphatic carbocycles. The smallest absolute Gasteiger partial charge is 0.264 e. The van der Waals surface area contributed by atoms with Crippen LogP contribution in [0, 0.1) is 13.8 Å². The van der Waals surface area contributed by atoms with Crippen LogP contribution in [0.1, 0.15) is 43.4 Å². The number of sulfonamides is 1. The summed E-state index contributed by atoms with van der Waals surface area (Å²) in [6.07, 6.45) is 1.74. The molecule has 8 nitrogen and oxygen atoms in total. The zero-order chi connectivity index (χ0) is 29.3. The lowest BCUT2D eigenvalue weighted by molar-refractivity contribution is -0.139. The van der Waals surface area contributed by atoms with Gasteiger partial charge in [0.15, 0.2) is 0 Å². The Morgan fingerprint density at radius 3 is 2.12 bits per heavy atom. The van der Waals surface area contributed by atoms with Gasteiger partial charge in [-0.15, -0.1) is 0 Å². The van der Waals surface area contributed by atoms with E-state index in [2.05, 4.69) is 5.32 Å². The molecule has 214 valence electrons. The summed E-state index contributed by atoms with van der Waals surface area (Å²) in [5, 5.41) is 2.89. The topological polar surface area (TPSA) is 96.0 Å². The summed E-state index contributed by atoms with van der Waals surface area (Å²) in [6, 6.07) is 20.0. The highest BCUT2D eigenvalue weighted by molar-refractivity contribution is 7.92. The van der Waals surface area contributed by atoms with Crippen molar-refractivity contribution >= 4 is 27.5 Å². The Balaban J connectivity index is 2.03. The molecule has 3 aromatic carbocycles. The summed E-state index contributed by atoms with van der Waals surface area (Å²) < 4.78 is 34.5. The normalized spacial score (nSPS) is 11.9. The number of ether oxygens (including phenoxy) is 1. The third-order valence-electron chi connectivity index (χ3n) is 6.71. The summed E-state index contributed by atoms with van der Waals surface area (Å²) >= 11 is 0. The number of nitrogens with one attached hydrogen (secondary N) is 1. The maximum absolute atomic E-state index is 14.0. The van der Waals surface area contributed by atoms with E-state index in [0.717, 1.165) is 33.8 Å². The fourth-order valence-corrected chi connectivity index (χ4v) is 5.62. The summed E-state index contributed by atoms with van der Waals surface area (Å²) in [4.78, 5) is 28.5. The van der Waals surface area contributed by atoms with E-state index in [1.165, 1.54) is 24.1 Å². The Morgan fingerprint density at radius 2 is 1.52 bits per heavy atom. The summed E-state index contributed by atoms with van der Waals surface area (Å²) in [7, 11) is -2.72. The maximum atomic E-state index is 14.0. The van der Waals surface area contributed by atoms with Crippen molar-refractivity contribution in [3.8, 4) is 5.75 Å². The molecule has 0 fully saturated rings. The zero-order valence-corrected chi connectivity index (χ0v) is 24.7. The molecule has 1 atom stereocenters. The highest BCUT2D eigenvalue weighted by Crippen LogP contribution is 2.32. The Kier molecular flexibility index (Phi) is 10.7. The number of aryl methyl sites for hydroxylation is 2. The number of carbonyl (C=O) groups is 2. The molecule has 40 heavy (non-hydrogen) atoms. The Bertz CT molecular complexity index is 1390. The maximum Gasteiger partial charge on any atom is 0.264 e. The molecule has 0 saturated carbocycles. The third kappa shape index (κ3) is 7.63. The van der Waals surface area contributed by atoms with E-state index in [0.29, 0.717) is 12.3 Å². The van der Waals surface area contributed by atoms with Crippen LogP contribution in [0.4, 0.5) is 5.69 Å². The molecule has 2 amide bonds. The van der Waals surface area contributed by atoms with E-state index in [9.17, 15) is 18.0 Å². The molecule has 1 N–H and O–H groups in total. The second-order valence-electron chi connectivity index (χ2n) is 9.82. The van der Waals surface area contributed by atoms with Crippen molar-refractivity contribution in [3.05, 3.63) is 89.5 Å². The number of para-hydroxylation sites is 2. The lowest BCUT2D eigenvalue weighted by atomic mass is 10.1. The summed E-state index contributed by atoms with van der Waals surface area (Å²) in [5.41, 5.74) is 3.04. The van der Waals surface area contributed by atoms with Crippen molar-refractivity contribution < 1.29 is 22.7 Å². The Hall–Kier alpha value is -3.85.